The first-order chi connectivity index (χ1) is 14.6. The quantitative estimate of drug-likeness (QED) is 0.419. The summed E-state index contributed by atoms with van der Waals surface area (Å²) in [6.45, 7) is 3.07. The maximum absolute atomic E-state index is 13.3. The Hall–Kier alpha value is -2.56. The highest BCUT2D eigenvalue weighted by atomic mass is 35.5. The van der Waals surface area contributed by atoms with Crippen molar-refractivity contribution in [3.8, 4) is 11.5 Å². The molecule has 0 saturated heterocycles. The second kappa shape index (κ2) is 11.0. The van der Waals surface area contributed by atoms with Gasteiger partial charge in [-0.3, -0.25) is 0 Å². The van der Waals surface area contributed by atoms with E-state index in [0.29, 0.717) is 29.1 Å². The number of hydrogen-bond acceptors (Lipinski definition) is 3. The molecule has 30 heavy (non-hydrogen) atoms. The van der Waals surface area contributed by atoms with E-state index in [4.69, 9.17) is 21.1 Å². The highest BCUT2D eigenvalue weighted by Gasteiger charge is 2.13. The molecule has 5 heteroatoms. The molecule has 0 bridgehead atoms. The van der Waals surface area contributed by atoms with E-state index in [2.05, 4.69) is 36.5 Å². The zero-order chi connectivity index (χ0) is 21.3. The molecule has 0 spiro atoms. The molecule has 1 unspecified atom stereocenters. The van der Waals surface area contributed by atoms with Gasteiger partial charge < -0.3 is 14.8 Å². The van der Waals surface area contributed by atoms with Crippen molar-refractivity contribution in [3.63, 3.8) is 0 Å². The molecule has 158 valence electrons. The smallest absolute Gasteiger partial charge is 0.166 e. The van der Waals surface area contributed by atoms with Crippen LogP contribution < -0.4 is 14.8 Å². The van der Waals surface area contributed by atoms with Crippen molar-refractivity contribution in [2.75, 3.05) is 7.11 Å². The molecule has 1 N–H and O–H groups in total. The summed E-state index contributed by atoms with van der Waals surface area (Å²) in [6, 6.07) is 21.0. The van der Waals surface area contributed by atoms with Crippen LogP contribution in [-0.2, 0) is 19.6 Å². The fourth-order valence-electron chi connectivity index (χ4n) is 3.23. The van der Waals surface area contributed by atoms with Gasteiger partial charge in [0.05, 0.1) is 12.1 Å². The van der Waals surface area contributed by atoms with E-state index in [1.165, 1.54) is 17.7 Å². The van der Waals surface area contributed by atoms with Crippen LogP contribution in [0.4, 0.5) is 4.39 Å². The Morgan fingerprint density at radius 3 is 2.53 bits per heavy atom. The second-order valence-corrected chi connectivity index (χ2v) is 7.69. The van der Waals surface area contributed by atoms with Gasteiger partial charge in [0.1, 0.15) is 12.4 Å². The number of nitrogens with one attached hydrogen (secondary N) is 1. The van der Waals surface area contributed by atoms with Gasteiger partial charge >= 0.3 is 0 Å². The molecule has 0 aliphatic carbocycles. The molecule has 0 aliphatic rings. The first-order valence-corrected chi connectivity index (χ1v) is 10.4. The first kappa shape index (κ1) is 22.1. The molecule has 0 saturated carbocycles. The fraction of sp³-hybridized carbons (Fsp3) is 0.280. The number of halogens is 2. The van der Waals surface area contributed by atoms with Crippen LogP contribution >= 0.6 is 11.6 Å². The van der Waals surface area contributed by atoms with Gasteiger partial charge in [-0.05, 0) is 43.5 Å². The monoisotopic (exact) mass is 427 g/mol. The standard InChI is InChI=1S/C25H27ClFNO2/c1-18(11-12-19-7-4-3-5-8-19)28-16-20-9-6-10-24(29-2)25(20)30-17-21-13-14-22(27)15-23(21)26/h3-10,13-15,18,28H,11-12,16-17H2,1-2H3. The average molecular weight is 428 g/mol. The Balaban J connectivity index is 1.63. The van der Waals surface area contributed by atoms with Gasteiger partial charge in [0.2, 0.25) is 0 Å². The van der Waals surface area contributed by atoms with Crippen LogP contribution in [0.25, 0.3) is 0 Å². The van der Waals surface area contributed by atoms with Gasteiger partial charge in [-0.25, -0.2) is 4.39 Å². The van der Waals surface area contributed by atoms with Crippen molar-refractivity contribution in [1.29, 1.82) is 0 Å². The van der Waals surface area contributed by atoms with E-state index in [1.54, 1.807) is 13.2 Å². The van der Waals surface area contributed by atoms with Gasteiger partial charge in [0, 0.05) is 23.7 Å². The topological polar surface area (TPSA) is 30.5 Å². The van der Waals surface area contributed by atoms with Crippen LogP contribution in [-0.4, -0.2) is 13.2 Å². The summed E-state index contributed by atoms with van der Waals surface area (Å²) in [5.74, 6) is 0.961. The average Bonchev–Trinajstić information content (AvgIpc) is 2.76. The van der Waals surface area contributed by atoms with E-state index in [0.717, 1.165) is 24.0 Å². The maximum atomic E-state index is 13.3. The summed E-state index contributed by atoms with van der Waals surface area (Å²) in [5, 5.41) is 3.91. The molecular weight excluding hydrogens is 401 g/mol. The van der Waals surface area contributed by atoms with E-state index < -0.39 is 0 Å². The number of aryl methyl sites for hydroxylation is 1. The van der Waals surface area contributed by atoms with Gasteiger partial charge in [-0.1, -0.05) is 60.1 Å². The zero-order valence-electron chi connectivity index (χ0n) is 17.3. The minimum atomic E-state index is -0.365. The number of benzene rings is 3. The molecule has 0 aliphatic heterocycles. The molecule has 3 nitrogen and oxygen atoms in total. The first-order valence-electron chi connectivity index (χ1n) is 10.1. The molecular formula is C25H27ClFNO2. The van der Waals surface area contributed by atoms with Crippen LogP contribution in [0, 0.1) is 5.82 Å². The Kier molecular flexibility index (Phi) is 8.12. The zero-order valence-corrected chi connectivity index (χ0v) is 18.1. The van der Waals surface area contributed by atoms with Crippen molar-refractivity contribution in [1.82, 2.24) is 5.32 Å². The van der Waals surface area contributed by atoms with Crippen molar-refractivity contribution < 1.29 is 13.9 Å². The lowest BCUT2D eigenvalue weighted by Crippen LogP contribution is -2.26. The summed E-state index contributed by atoms with van der Waals surface area (Å²) >= 11 is 6.13. The summed E-state index contributed by atoms with van der Waals surface area (Å²) in [5.41, 5.74) is 3.06. The highest BCUT2D eigenvalue weighted by molar-refractivity contribution is 6.31. The molecule has 0 heterocycles. The predicted octanol–water partition coefficient (Wildman–Crippen LogP) is 6.18. The molecule has 3 rings (SSSR count). The molecule has 1 atom stereocenters. The lowest BCUT2D eigenvalue weighted by Gasteiger charge is -2.18. The maximum Gasteiger partial charge on any atom is 0.166 e. The van der Waals surface area contributed by atoms with Gasteiger partial charge in [-0.15, -0.1) is 0 Å². The normalized spacial score (nSPS) is 11.9. The summed E-state index contributed by atoms with van der Waals surface area (Å²) in [6.07, 6.45) is 2.06. The van der Waals surface area contributed by atoms with Crippen molar-refractivity contribution in [2.24, 2.45) is 0 Å². The second-order valence-electron chi connectivity index (χ2n) is 7.28. The van der Waals surface area contributed by atoms with Crippen LogP contribution in [0.5, 0.6) is 11.5 Å². The Morgan fingerprint density at radius 1 is 1.00 bits per heavy atom. The largest absolute Gasteiger partial charge is 0.493 e. The Labute approximate surface area is 182 Å². The van der Waals surface area contributed by atoms with Crippen LogP contribution in [0.3, 0.4) is 0 Å². The number of ether oxygens (including phenoxy) is 2. The number of methoxy groups -OCH3 is 1. The van der Waals surface area contributed by atoms with Crippen molar-refractivity contribution >= 4 is 11.6 Å². The summed E-state index contributed by atoms with van der Waals surface area (Å²) in [4.78, 5) is 0. The molecule has 3 aromatic carbocycles. The van der Waals surface area contributed by atoms with E-state index in [1.807, 2.05) is 24.3 Å². The third kappa shape index (κ3) is 6.22. The van der Waals surface area contributed by atoms with Gasteiger partial charge in [-0.2, -0.15) is 0 Å². The third-order valence-corrected chi connectivity index (χ3v) is 5.37. The van der Waals surface area contributed by atoms with Gasteiger partial charge in [0.25, 0.3) is 0 Å². The van der Waals surface area contributed by atoms with E-state index in [9.17, 15) is 4.39 Å². The summed E-state index contributed by atoms with van der Waals surface area (Å²) < 4.78 is 24.8. The third-order valence-electron chi connectivity index (χ3n) is 5.02. The lowest BCUT2D eigenvalue weighted by atomic mass is 10.1. The van der Waals surface area contributed by atoms with Crippen molar-refractivity contribution in [2.45, 2.75) is 39.0 Å². The minimum absolute atomic E-state index is 0.232. The summed E-state index contributed by atoms with van der Waals surface area (Å²) in [7, 11) is 1.62. The minimum Gasteiger partial charge on any atom is -0.493 e. The fourth-order valence-corrected chi connectivity index (χ4v) is 3.45. The Bertz CT molecular complexity index is 949. The van der Waals surface area contributed by atoms with E-state index >= 15 is 0 Å². The number of rotatable bonds is 10. The van der Waals surface area contributed by atoms with Crippen LogP contribution in [0.1, 0.15) is 30.0 Å². The Morgan fingerprint density at radius 2 is 1.80 bits per heavy atom. The predicted molar refractivity (Wildman–Crippen MR) is 120 cm³/mol. The molecule has 0 radical (unpaired) electrons. The van der Waals surface area contributed by atoms with Crippen LogP contribution in [0.15, 0.2) is 66.7 Å². The molecule has 0 amide bonds. The van der Waals surface area contributed by atoms with Gasteiger partial charge in [0.15, 0.2) is 11.5 Å². The number of hydrogen-bond donors (Lipinski definition) is 1. The number of para-hydroxylation sites is 1. The van der Waals surface area contributed by atoms with Crippen LogP contribution in [0.2, 0.25) is 5.02 Å². The highest BCUT2D eigenvalue weighted by Crippen LogP contribution is 2.32. The lowest BCUT2D eigenvalue weighted by molar-refractivity contribution is 0.280. The molecule has 0 aromatic heterocycles. The molecule has 3 aromatic rings. The van der Waals surface area contributed by atoms with Crippen molar-refractivity contribution in [3.05, 3.63) is 94.3 Å². The van der Waals surface area contributed by atoms with E-state index in [-0.39, 0.29) is 12.4 Å². The SMILES string of the molecule is COc1cccc(CNC(C)CCc2ccccc2)c1OCc1ccc(F)cc1Cl. The molecule has 0 fully saturated rings.